The summed E-state index contributed by atoms with van der Waals surface area (Å²) in [6.07, 6.45) is 13.6. The topological polar surface area (TPSA) is 110 Å². The second-order valence-corrected chi connectivity index (χ2v) is 11.2. The van der Waals surface area contributed by atoms with Crippen LogP contribution >= 0.6 is 0 Å². The van der Waals surface area contributed by atoms with Crippen molar-refractivity contribution in [2.24, 2.45) is 5.41 Å². The molecule has 0 radical (unpaired) electrons. The van der Waals surface area contributed by atoms with Crippen molar-refractivity contribution in [1.29, 1.82) is 0 Å². The van der Waals surface area contributed by atoms with Gasteiger partial charge < -0.3 is 19.7 Å². The third kappa shape index (κ3) is 9.99. The monoisotopic (exact) mass is 584 g/mol. The molecule has 2 N–H and O–H groups in total. The van der Waals surface area contributed by atoms with Gasteiger partial charge in [0.15, 0.2) is 11.9 Å². The fraction of sp³-hybridized carbons (Fsp3) is 0.306. The van der Waals surface area contributed by atoms with E-state index in [4.69, 9.17) is 9.47 Å². The molecular weight excluding hydrogens is 544 g/mol. The zero-order valence-corrected chi connectivity index (χ0v) is 25.4. The van der Waals surface area contributed by atoms with Gasteiger partial charge in [-0.25, -0.2) is 0 Å². The van der Waals surface area contributed by atoms with E-state index >= 15 is 0 Å². The van der Waals surface area contributed by atoms with E-state index in [1.165, 1.54) is 18.2 Å². The molecule has 7 nitrogen and oxygen atoms in total. The number of allylic oxidation sites excluding steroid dienone is 7. The van der Waals surface area contributed by atoms with E-state index in [0.29, 0.717) is 23.3 Å². The van der Waals surface area contributed by atoms with Crippen LogP contribution in [0.1, 0.15) is 71.4 Å². The Bertz CT molecular complexity index is 1460. The number of phenols is 2. The quantitative estimate of drug-likeness (QED) is 0.121. The first-order valence-corrected chi connectivity index (χ1v) is 14.4. The van der Waals surface area contributed by atoms with E-state index in [9.17, 15) is 24.6 Å². The van der Waals surface area contributed by atoms with Crippen LogP contribution in [0.2, 0.25) is 0 Å². The Hall–Kier alpha value is -4.65. The maximum Gasteiger partial charge on any atom is 0.311 e. The minimum atomic E-state index is -0.899. The third-order valence-electron chi connectivity index (χ3n) is 7.05. The minimum Gasteiger partial charge on any atom is -0.508 e. The number of carbonyl (C=O) groups excluding carboxylic acids is 3. The van der Waals surface area contributed by atoms with Gasteiger partial charge in [-0.3, -0.25) is 14.4 Å². The van der Waals surface area contributed by atoms with Crippen molar-refractivity contribution in [3.63, 3.8) is 0 Å². The van der Waals surface area contributed by atoms with E-state index in [1.54, 1.807) is 43.3 Å². The summed E-state index contributed by atoms with van der Waals surface area (Å²) >= 11 is 0. The first kappa shape index (κ1) is 32.9. The molecule has 1 aliphatic rings. The molecule has 1 atom stereocenters. The Balaban J connectivity index is 1.52. The number of rotatable bonds is 11. The van der Waals surface area contributed by atoms with Gasteiger partial charge in [0.25, 0.3) is 0 Å². The standard InChI is InChI=1S/C36H40O7/c1-6-7-8-9-24(2)10-17-31-25(3)35(41)32(23-36(31,4)5)43-34(40)19-18-33(39)42-30-15-13-26(14-16-30)11-12-27-20-28(37)22-29(38)21-27/h7-17,20-22,32,37-38H,6,18-19,23H2,1-5H3. The average molecular weight is 585 g/mol. The highest BCUT2D eigenvalue weighted by atomic mass is 16.5. The molecule has 0 spiro atoms. The van der Waals surface area contributed by atoms with Crippen molar-refractivity contribution in [3.8, 4) is 17.2 Å². The van der Waals surface area contributed by atoms with Crippen molar-refractivity contribution in [1.82, 2.24) is 0 Å². The van der Waals surface area contributed by atoms with Crippen molar-refractivity contribution in [2.75, 3.05) is 0 Å². The maximum atomic E-state index is 13.1. The van der Waals surface area contributed by atoms with E-state index in [2.05, 4.69) is 13.0 Å². The lowest BCUT2D eigenvalue weighted by atomic mass is 9.71. The van der Waals surface area contributed by atoms with Crippen LogP contribution < -0.4 is 4.74 Å². The first-order valence-electron chi connectivity index (χ1n) is 14.4. The summed E-state index contributed by atoms with van der Waals surface area (Å²) in [6.45, 7) is 9.88. The Morgan fingerprint density at radius 1 is 0.953 bits per heavy atom. The van der Waals surface area contributed by atoms with Gasteiger partial charge in [0, 0.05) is 12.5 Å². The molecule has 43 heavy (non-hydrogen) atoms. The van der Waals surface area contributed by atoms with Gasteiger partial charge in [-0.15, -0.1) is 0 Å². The molecule has 0 saturated heterocycles. The average Bonchev–Trinajstić information content (AvgIpc) is 2.94. The van der Waals surface area contributed by atoms with Gasteiger partial charge in [0.1, 0.15) is 17.2 Å². The number of hydrogen-bond donors (Lipinski definition) is 2. The van der Waals surface area contributed by atoms with Crippen LogP contribution in [0.15, 0.2) is 89.6 Å². The number of phenolic OH excluding ortho intramolecular Hbond substituents is 2. The van der Waals surface area contributed by atoms with Crippen LogP contribution in [-0.2, 0) is 19.1 Å². The van der Waals surface area contributed by atoms with Crippen LogP contribution in [0.5, 0.6) is 17.2 Å². The van der Waals surface area contributed by atoms with Crippen LogP contribution in [0.3, 0.4) is 0 Å². The molecule has 2 aromatic rings. The largest absolute Gasteiger partial charge is 0.508 e. The highest BCUT2D eigenvalue weighted by Gasteiger charge is 2.39. The van der Waals surface area contributed by atoms with E-state index < -0.39 is 18.0 Å². The summed E-state index contributed by atoms with van der Waals surface area (Å²) in [4.78, 5) is 38.0. The Morgan fingerprint density at radius 2 is 1.58 bits per heavy atom. The van der Waals surface area contributed by atoms with Crippen LogP contribution in [0.25, 0.3) is 12.2 Å². The second-order valence-electron chi connectivity index (χ2n) is 11.2. The zero-order valence-electron chi connectivity index (χ0n) is 25.4. The Morgan fingerprint density at radius 3 is 2.23 bits per heavy atom. The molecule has 226 valence electrons. The molecule has 1 unspecified atom stereocenters. The predicted molar refractivity (Wildman–Crippen MR) is 168 cm³/mol. The summed E-state index contributed by atoms with van der Waals surface area (Å²) in [7, 11) is 0. The molecule has 0 aromatic heterocycles. The fourth-order valence-electron chi connectivity index (χ4n) is 4.78. The normalized spacial score (nSPS) is 17.3. The molecule has 0 amide bonds. The summed E-state index contributed by atoms with van der Waals surface area (Å²) in [6, 6.07) is 11.0. The summed E-state index contributed by atoms with van der Waals surface area (Å²) in [5, 5.41) is 19.2. The Labute approximate surface area is 253 Å². The zero-order chi connectivity index (χ0) is 31.6. The van der Waals surface area contributed by atoms with Crippen molar-refractivity contribution < 1.29 is 34.1 Å². The van der Waals surface area contributed by atoms with Crippen molar-refractivity contribution in [3.05, 3.63) is 101 Å². The lowest BCUT2D eigenvalue weighted by molar-refractivity contribution is -0.157. The number of ketones is 1. The molecule has 0 bridgehead atoms. The first-order chi connectivity index (χ1) is 20.4. The Kier molecular flexibility index (Phi) is 11.5. The lowest BCUT2D eigenvalue weighted by Gasteiger charge is -2.36. The van der Waals surface area contributed by atoms with Gasteiger partial charge in [0.05, 0.1) is 12.8 Å². The molecule has 3 rings (SSSR count). The number of carbonyl (C=O) groups is 3. The summed E-state index contributed by atoms with van der Waals surface area (Å²) in [5.74, 6) is -1.20. The van der Waals surface area contributed by atoms with Gasteiger partial charge in [-0.05, 0) is 72.2 Å². The fourth-order valence-corrected chi connectivity index (χ4v) is 4.78. The third-order valence-corrected chi connectivity index (χ3v) is 7.05. The van der Waals surface area contributed by atoms with Crippen molar-refractivity contribution >= 4 is 29.9 Å². The molecule has 0 fully saturated rings. The lowest BCUT2D eigenvalue weighted by Crippen LogP contribution is -2.39. The predicted octanol–water partition coefficient (Wildman–Crippen LogP) is 7.65. The number of esters is 2. The van der Waals surface area contributed by atoms with Gasteiger partial charge in [-0.1, -0.05) is 81.0 Å². The van der Waals surface area contributed by atoms with Crippen LogP contribution in [-0.4, -0.2) is 34.0 Å². The van der Waals surface area contributed by atoms with Crippen LogP contribution in [0.4, 0.5) is 0 Å². The molecule has 0 heterocycles. The maximum absolute atomic E-state index is 13.1. The molecule has 0 saturated carbocycles. The number of Topliss-reactive ketones (excluding diaryl/α,β-unsaturated/α-hetero) is 1. The summed E-state index contributed by atoms with van der Waals surface area (Å²) < 4.78 is 10.9. The highest BCUT2D eigenvalue weighted by molar-refractivity contribution is 6.01. The van der Waals surface area contributed by atoms with Gasteiger partial charge >= 0.3 is 11.9 Å². The molecule has 2 aromatic carbocycles. The molecular formula is C36H40O7. The smallest absolute Gasteiger partial charge is 0.311 e. The van der Waals surface area contributed by atoms with E-state index in [1.807, 2.05) is 45.1 Å². The highest BCUT2D eigenvalue weighted by Crippen LogP contribution is 2.41. The van der Waals surface area contributed by atoms with Crippen LogP contribution in [0, 0.1) is 5.41 Å². The number of aromatic hydroxyl groups is 2. The van der Waals surface area contributed by atoms with E-state index in [-0.39, 0.29) is 35.5 Å². The molecule has 0 aliphatic heterocycles. The van der Waals surface area contributed by atoms with Crippen molar-refractivity contribution in [2.45, 2.75) is 66.4 Å². The minimum absolute atomic E-state index is 0.0385. The number of hydrogen-bond acceptors (Lipinski definition) is 7. The number of benzene rings is 2. The summed E-state index contributed by atoms with van der Waals surface area (Å²) in [5.41, 5.74) is 3.60. The SMILES string of the molecule is CCC=CC=C(C)C=CC1=C(C)C(=O)C(OC(=O)CCC(=O)Oc2ccc(C=Cc3cc(O)cc(O)c3)cc2)CC1(C)C. The molecule has 7 heteroatoms. The second kappa shape index (κ2) is 15.0. The van der Waals surface area contributed by atoms with Gasteiger partial charge in [-0.2, -0.15) is 0 Å². The molecule has 1 aliphatic carbocycles. The van der Waals surface area contributed by atoms with Gasteiger partial charge in [0.2, 0.25) is 0 Å². The van der Waals surface area contributed by atoms with E-state index in [0.717, 1.165) is 23.1 Å². The number of ether oxygens (including phenoxy) is 2.